The Labute approximate surface area is 423 Å². The first-order valence-electron chi connectivity index (χ1n) is 22.8. The van der Waals surface area contributed by atoms with Crippen LogP contribution in [0.15, 0.2) is 54.6 Å². The molecule has 0 bridgehead atoms. The Bertz CT molecular complexity index is 2270. The van der Waals surface area contributed by atoms with Crippen LogP contribution in [0.1, 0.15) is 63.5 Å². The van der Waals surface area contributed by atoms with Crippen LogP contribution in [0.25, 0.3) is 0 Å². The minimum atomic E-state index is -1.76. The number of amides is 9. The molecule has 0 radical (unpaired) electrons. The number of aromatic hydroxyl groups is 1. The molecule has 2 aromatic rings. The van der Waals surface area contributed by atoms with Crippen LogP contribution in [0.2, 0.25) is 0 Å². The van der Waals surface area contributed by atoms with Crippen molar-refractivity contribution in [2.75, 3.05) is 25.1 Å². The Morgan fingerprint density at radius 3 is 1.67 bits per heavy atom. The first-order valence-corrected chi connectivity index (χ1v) is 24.2. The molecule has 27 heteroatoms. The molecule has 8 atom stereocenters. The maximum atomic E-state index is 14.0. The molecular formula is C46H64N10O16S. The molecule has 0 heterocycles. The summed E-state index contributed by atoms with van der Waals surface area (Å²) in [5, 5.41) is 56.7. The molecule has 2 aromatic carbocycles. The van der Waals surface area contributed by atoms with Crippen LogP contribution < -0.4 is 54.0 Å². The van der Waals surface area contributed by atoms with Crippen LogP contribution >= 0.6 is 11.8 Å². The lowest BCUT2D eigenvalue weighted by atomic mass is 9.96. The Hall–Kier alpha value is -7.81. The van der Waals surface area contributed by atoms with E-state index in [-0.39, 0.29) is 31.4 Å². The molecule has 2 rings (SSSR count). The van der Waals surface area contributed by atoms with E-state index in [2.05, 4.69) is 42.5 Å². The fourth-order valence-corrected chi connectivity index (χ4v) is 7.14. The third-order valence-electron chi connectivity index (χ3n) is 10.9. The van der Waals surface area contributed by atoms with Crippen LogP contribution in [0.5, 0.6) is 5.75 Å². The molecule has 0 saturated heterocycles. The average molecular weight is 1050 g/mol. The summed E-state index contributed by atoms with van der Waals surface area (Å²) < 4.78 is 0. The standard InChI is InChI=1S/C46H64N10O16S/c1-4-24(2)39(56-42(67)30(16-17-73-3)52-43(68)31(18-26-10-12-27(57)13-11-26)54-40(65)28(47)20-37(61)62)45(70)53-29(14-15-34(48)58)41(66)50-22-35(59)49-23-36(60)51-32(21-38(63)64)44(69)55-33(46(71)72)19-25-8-6-5-7-9-25/h5-13,24,28-33,39,57H,4,14-23,47H2,1-3H3,(H2,48,58)(H,49,59)(H,50,66)(H,51,60)(H,52,68)(H,53,70)(H,54,65)(H,55,69)(H,56,67)(H,61,62)(H,63,64)(H,71,72)/t24-,28-,29-,30-,31-,32-,33-,39-/m0/s1. The van der Waals surface area contributed by atoms with Gasteiger partial charge in [-0.15, -0.1) is 0 Å². The monoisotopic (exact) mass is 1040 g/mol. The Balaban J connectivity index is 2.18. The van der Waals surface area contributed by atoms with Crippen molar-refractivity contribution >= 4 is 82.8 Å². The minimum Gasteiger partial charge on any atom is -0.508 e. The molecule has 0 aliphatic heterocycles. The van der Waals surface area contributed by atoms with Crippen molar-refractivity contribution in [3.63, 3.8) is 0 Å². The number of phenolic OH excluding ortho intramolecular Hbond substituents is 1. The molecular weight excluding hydrogens is 981 g/mol. The van der Waals surface area contributed by atoms with Crippen LogP contribution in [0.4, 0.5) is 0 Å². The van der Waals surface area contributed by atoms with Crippen LogP contribution in [-0.4, -0.2) is 159 Å². The number of hydrogen-bond acceptors (Lipinski definition) is 15. The predicted molar refractivity (Wildman–Crippen MR) is 261 cm³/mol. The van der Waals surface area contributed by atoms with Crippen molar-refractivity contribution in [3.05, 3.63) is 65.7 Å². The number of aliphatic carboxylic acids is 3. The number of thioether (sulfide) groups is 1. The first kappa shape index (κ1) is 61.3. The van der Waals surface area contributed by atoms with E-state index in [4.69, 9.17) is 16.6 Å². The van der Waals surface area contributed by atoms with Gasteiger partial charge in [-0.3, -0.25) is 52.7 Å². The number of primary amides is 1. The highest BCUT2D eigenvalue weighted by molar-refractivity contribution is 7.98. The van der Waals surface area contributed by atoms with Crippen LogP contribution in [-0.2, 0) is 70.4 Å². The second-order valence-corrected chi connectivity index (χ2v) is 17.7. The highest BCUT2D eigenvalue weighted by Crippen LogP contribution is 2.14. The summed E-state index contributed by atoms with van der Waals surface area (Å²) in [7, 11) is 0. The SMILES string of the molecule is CC[C@H](C)[C@H](NC(=O)[C@H](CCSC)NC(=O)[C@H](Cc1ccc(O)cc1)NC(=O)[C@@H](N)CC(=O)O)C(=O)N[C@@H](CCC(N)=O)C(=O)NCC(=O)NCC(=O)N[C@@H](CC(=O)O)C(=O)N[C@@H](Cc1ccccc1)C(=O)O. The van der Waals surface area contributed by atoms with E-state index in [1.165, 1.54) is 36.0 Å². The molecule has 16 N–H and O–H groups in total. The van der Waals surface area contributed by atoms with Gasteiger partial charge in [0.15, 0.2) is 0 Å². The second kappa shape index (κ2) is 31.5. The molecule has 0 fully saturated rings. The zero-order valence-electron chi connectivity index (χ0n) is 40.3. The molecule has 9 amide bonds. The Morgan fingerprint density at radius 2 is 1.10 bits per heavy atom. The van der Waals surface area contributed by atoms with Crippen molar-refractivity contribution in [3.8, 4) is 5.75 Å². The lowest BCUT2D eigenvalue weighted by Gasteiger charge is -2.29. The quantitative estimate of drug-likeness (QED) is 0.0334. The van der Waals surface area contributed by atoms with E-state index in [9.17, 15) is 72.9 Å². The van der Waals surface area contributed by atoms with Gasteiger partial charge in [-0.05, 0) is 54.0 Å². The third kappa shape index (κ3) is 23.3. The largest absolute Gasteiger partial charge is 0.508 e. The molecule has 0 aromatic heterocycles. The summed E-state index contributed by atoms with van der Waals surface area (Å²) in [6.07, 6.45) is -0.807. The lowest BCUT2D eigenvalue weighted by Crippen LogP contribution is -2.60. The van der Waals surface area contributed by atoms with E-state index in [1.807, 2.05) is 0 Å². The van der Waals surface area contributed by atoms with E-state index in [0.29, 0.717) is 23.3 Å². The van der Waals surface area contributed by atoms with Crippen molar-refractivity contribution in [1.82, 2.24) is 42.5 Å². The second-order valence-electron chi connectivity index (χ2n) is 16.7. The highest BCUT2D eigenvalue weighted by Gasteiger charge is 2.35. The average Bonchev–Trinajstić information content (AvgIpc) is 3.33. The van der Waals surface area contributed by atoms with E-state index >= 15 is 0 Å². The number of phenols is 1. The van der Waals surface area contributed by atoms with Gasteiger partial charge < -0.3 is 74.4 Å². The summed E-state index contributed by atoms with van der Waals surface area (Å²) in [6.45, 7) is 1.66. The highest BCUT2D eigenvalue weighted by atomic mass is 32.2. The Morgan fingerprint density at radius 1 is 0.575 bits per heavy atom. The molecule has 26 nitrogen and oxygen atoms in total. The number of rotatable bonds is 33. The third-order valence-corrected chi connectivity index (χ3v) is 11.5. The van der Waals surface area contributed by atoms with Crippen LogP contribution in [0.3, 0.4) is 0 Å². The molecule has 0 unspecified atom stereocenters. The van der Waals surface area contributed by atoms with Crippen molar-refractivity contribution in [1.29, 1.82) is 0 Å². The minimum absolute atomic E-state index is 0.0139. The predicted octanol–water partition coefficient (Wildman–Crippen LogP) is -3.26. The van der Waals surface area contributed by atoms with Crippen molar-refractivity contribution < 1.29 is 78.0 Å². The van der Waals surface area contributed by atoms with Gasteiger partial charge >= 0.3 is 17.9 Å². The maximum absolute atomic E-state index is 14.0. The zero-order chi connectivity index (χ0) is 54.8. The van der Waals surface area contributed by atoms with E-state index < -0.39 is 152 Å². The van der Waals surface area contributed by atoms with Crippen molar-refractivity contribution in [2.45, 2.75) is 108 Å². The number of benzene rings is 2. The number of carbonyl (C=O) groups excluding carboxylic acids is 9. The molecule has 0 saturated carbocycles. The number of carboxylic acids is 3. The molecule has 73 heavy (non-hydrogen) atoms. The summed E-state index contributed by atoms with van der Waals surface area (Å²) in [4.78, 5) is 153. The molecule has 400 valence electrons. The topological polar surface area (TPSA) is 434 Å². The fraction of sp³-hybridized carbons (Fsp3) is 0.478. The summed E-state index contributed by atoms with van der Waals surface area (Å²) in [5.74, 6) is -13.3. The molecule has 0 aliphatic rings. The van der Waals surface area contributed by atoms with Gasteiger partial charge in [-0.1, -0.05) is 62.7 Å². The number of carbonyl (C=O) groups is 12. The maximum Gasteiger partial charge on any atom is 0.326 e. The van der Waals surface area contributed by atoms with E-state index in [0.717, 1.165) is 0 Å². The zero-order valence-corrected chi connectivity index (χ0v) is 41.2. The van der Waals surface area contributed by atoms with Gasteiger partial charge in [0.2, 0.25) is 53.2 Å². The number of nitrogens with one attached hydrogen (secondary N) is 8. The number of nitrogens with two attached hydrogens (primary N) is 2. The van der Waals surface area contributed by atoms with E-state index in [1.54, 1.807) is 50.4 Å². The van der Waals surface area contributed by atoms with Gasteiger partial charge in [-0.2, -0.15) is 11.8 Å². The number of hydrogen-bond donors (Lipinski definition) is 14. The summed E-state index contributed by atoms with van der Waals surface area (Å²) in [5.41, 5.74) is 12.1. The lowest BCUT2D eigenvalue weighted by molar-refractivity contribution is -0.143. The first-order chi connectivity index (χ1) is 34.4. The number of carboxylic acid groups (broad SMARTS) is 3. The Kier molecular flexibility index (Phi) is 26.5. The smallest absolute Gasteiger partial charge is 0.326 e. The van der Waals surface area contributed by atoms with Gasteiger partial charge in [0.25, 0.3) is 0 Å². The molecule has 0 spiro atoms. The summed E-state index contributed by atoms with van der Waals surface area (Å²) in [6, 6.07) is 3.43. The normalized spacial score (nSPS) is 14.1. The van der Waals surface area contributed by atoms with Crippen molar-refractivity contribution in [2.24, 2.45) is 17.4 Å². The van der Waals surface area contributed by atoms with Gasteiger partial charge in [0, 0.05) is 19.3 Å². The summed E-state index contributed by atoms with van der Waals surface area (Å²) >= 11 is 1.32. The molecule has 0 aliphatic carbocycles. The van der Waals surface area contributed by atoms with Gasteiger partial charge in [0.1, 0.15) is 42.0 Å². The van der Waals surface area contributed by atoms with Gasteiger partial charge in [0.05, 0.1) is 32.0 Å². The van der Waals surface area contributed by atoms with Crippen LogP contribution in [0, 0.1) is 5.92 Å². The van der Waals surface area contributed by atoms with Gasteiger partial charge in [-0.25, -0.2) is 4.79 Å². The fourth-order valence-electron chi connectivity index (χ4n) is 6.67.